The molecule has 2 N–H and O–H groups in total. The molecule has 1 saturated heterocycles. The molecule has 1 fully saturated rings. The van der Waals surface area contributed by atoms with Gasteiger partial charge in [-0.2, -0.15) is 0 Å². The molecule has 0 saturated carbocycles. The summed E-state index contributed by atoms with van der Waals surface area (Å²) in [7, 11) is 0. The number of carbonyl (C=O) groups is 4. The molecule has 1 aliphatic heterocycles. The molecule has 1 aliphatic rings. The Bertz CT molecular complexity index is 715. The maximum Gasteiger partial charge on any atom is 0.321 e. The first-order valence-electron chi connectivity index (χ1n) is 8.96. The number of nitrogens with one attached hydrogen (secondary N) is 2. The maximum atomic E-state index is 12.2. The van der Waals surface area contributed by atoms with Gasteiger partial charge in [0.2, 0.25) is 5.91 Å². The van der Waals surface area contributed by atoms with Crippen LogP contribution in [0.15, 0.2) is 24.3 Å². The normalized spacial score (nSPS) is 16.4. The van der Waals surface area contributed by atoms with E-state index in [1.54, 1.807) is 18.7 Å². The summed E-state index contributed by atoms with van der Waals surface area (Å²) in [6.07, 6.45) is 0.935. The van der Waals surface area contributed by atoms with Gasteiger partial charge < -0.3 is 15.0 Å². The minimum absolute atomic E-state index is 0.0316. The zero-order chi connectivity index (χ0) is 20.0. The average molecular weight is 375 g/mol. The van der Waals surface area contributed by atoms with E-state index in [4.69, 9.17) is 4.74 Å². The largest absolute Gasteiger partial charge is 0.455 e. The highest BCUT2D eigenvalue weighted by molar-refractivity contribution is 6.00. The minimum Gasteiger partial charge on any atom is -0.455 e. The van der Waals surface area contributed by atoms with E-state index in [1.807, 2.05) is 31.2 Å². The van der Waals surface area contributed by atoms with E-state index in [0.29, 0.717) is 0 Å². The van der Waals surface area contributed by atoms with Crippen molar-refractivity contribution in [2.75, 3.05) is 18.1 Å². The Morgan fingerprint density at radius 1 is 1.22 bits per heavy atom. The third kappa shape index (κ3) is 5.80. The summed E-state index contributed by atoms with van der Waals surface area (Å²) in [6, 6.07) is 6.82. The van der Waals surface area contributed by atoms with Crippen molar-refractivity contribution in [3.63, 3.8) is 0 Å². The lowest BCUT2D eigenvalue weighted by Gasteiger charge is -2.17. The molecule has 1 heterocycles. The predicted molar refractivity (Wildman–Crippen MR) is 99.0 cm³/mol. The first-order valence-corrected chi connectivity index (χ1v) is 8.96. The van der Waals surface area contributed by atoms with Crippen LogP contribution in [0.3, 0.4) is 0 Å². The molecular weight excluding hydrogens is 350 g/mol. The van der Waals surface area contributed by atoms with E-state index >= 15 is 0 Å². The molecule has 2 rings (SSSR count). The molecule has 0 spiro atoms. The van der Waals surface area contributed by atoms with E-state index in [2.05, 4.69) is 10.6 Å². The van der Waals surface area contributed by atoms with Crippen LogP contribution in [-0.4, -0.2) is 43.0 Å². The number of esters is 1. The smallest absolute Gasteiger partial charge is 0.321 e. The van der Waals surface area contributed by atoms with Crippen molar-refractivity contribution in [1.82, 2.24) is 10.6 Å². The van der Waals surface area contributed by atoms with Gasteiger partial charge in [0, 0.05) is 24.7 Å². The number of carbonyl (C=O) groups excluding carboxylic acids is 4. The quantitative estimate of drug-likeness (QED) is 0.731. The first kappa shape index (κ1) is 20.4. The summed E-state index contributed by atoms with van der Waals surface area (Å²) in [5.41, 5.74) is 1.89. The monoisotopic (exact) mass is 375 g/mol. The zero-order valence-corrected chi connectivity index (χ0v) is 15.8. The number of hydrogen-bond donors (Lipinski definition) is 2. The Morgan fingerprint density at radius 2 is 1.89 bits per heavy atom. The fourth-order valence-corrected chi connectivity index (χ4v) is 2.74. The number of rotatable bonds is 6. The van der Waals surface area contributed by atoms with Crippen molar-refractivity contribution in [3.8, 4) is 0 Å². The Balaban J connectivity index is 1.84. The molecule has 0 aliphatic carbocycles. The van der Waals surface area contributed by atoms with Crippen LogP contribution >= 0.6 is 0 Å². The molecule has 0 bridgehead atoms. The summed E-state index contributed by atoms with van der Waals surface area (Å²) < 4.78 is 4.95. The Morgan fingerprint density at radius 3 is 2.48 bits per heavy atom. The van der Waals surface area contributed by atoms with Crippen LogP contribution in [0.2, 0.25) is 0 Å². The predicted octanol–water partition coefficient (Wildman–Crippen LogP) is 1.38. The third-order valence-corrected chi connectivity index (χ3v) is 4.13. The van der Waals surface area contributed by atoms with Crippen LogP contribution in [0, 0.1) is 5.92 Å². The highest BCUT2D eigenvalue weighted by Gasteiger charge is 2.36. The van der Waals surface area contributed by atoms with Gasteiger partial charge in [-0.3, -0.25) is 19.7 Å². The fourth-order valence-electron chi connectivity index (χ4n) is 2.74. The van der Waals surface area contributed by atoms with E-state index in [9.17, 15) is 19.2 Å². The Hall–Kier alpha value is -2.90. The molecule has 4 amide bonds. The van der Waals surface area contributed by atoms with E-state index in [0.717, 1.165) is 17.7 Å². The van der Waals surface area contributed by atoms with Crippen LogP contribution in [-0.2, 0) is 25.5 Å². The second-order valence-corrected chi connectivity index (χ2v) is 6.71. The lowest BCUT2D eigenvalue weighted by molar-refractivity contribution is -0.152. The van der Waals surface area contributed by atoms with Crippen molar-refractivity contribution in [3.05, 3.63) is 29.8 Å². The van der Waals surface area contributed by atoms with Crippen LogP contribution in [0.25, 0.3) is 0 Å². The highest BCUT2D eigenvalue weighted by atomic mass is 16.5. The third-order valence-electron chi connectivity index (χ3n) is 4.13. The molecule has 1 aromatic carbocycles. The van der Waals surface area contributed by atoms with Gasteiger partial charge in [0.1, 0.15) is 0 Å². The fraction of sp³-hybridized carbons (Fsp3) is 0.474. The molecule has 8 heteroatoms. The number of amides is 4. The summed E-state index contributed by atoms with van der Waals surface area (Å²) in [5.74, 6) is -2.16. The number of anilines is 1. The van der Waals surface area contributed by atoms with Gasteiger partial charge >= 0.3 is 12.0 Å². The van der Waals surface area contributed by atoms with Crippen LogP contribution < -0.4 is 15.5 Å². The molecule has 0 radical (unpaired) electrons. The molecular formula is C19H25N3O5. The van der Waals surface area contributed by atoms with Crippen molar-refractivity contribution < 1.29 is 23.9 Å². The number of nitrogens with zero attached hydrogens (tertiary/aromatic N) is 1. The lowest BCUT2D eigenvalue weighted by atomic mass is 10.1. The summed E-state index contributed by atoms with van der Waals surface area (Å²) in [6.45, 7) is 5.19. The molecule has 8 nitrogen and oxygen atoms in total. The lowest BCUT2D eigenvalue weighted by Crippen LogP contribution is -2.44. The average Bonchev–Trinajstić information content (AvgIpc) is 3.00. The van der Waals surface area contributed by atoms with Gasteiger partial charge in [0.15, 0.2) is 6.61 Å². The van der Waals surface area contributed by atoms with Gasteiger partial charge in [-0.25, -0.2) is 4.79 Å². The molecule has 1 atom stereocenters. The summed E-state index contributed by atoms with van der Waals surface area (Å²) >= 11 is 0. The zero-order valence-electron chi connectivity index (χ0n) is 15.8. The SMILES string of the molecule is CCc1ccc(N2C[C@@H](C(=O)OCC(=O)NC(=O)NC(C)C)CC2=O)cc1. The number of ether oxygens (including phenoxy) is 1. The van der Waals surface area contributed by atoms with Crippen LogP contribution in [0.4, 0.5) is 10.5 Å². The summed E-state index contributed by atoms with van der Waals surface area (Å²) in [5, 5.41) is 4.56. The molecule has 27 heavy (non-hydrogen) atoms. The number of benzene rings is 1. The topological polar surface area (TPSA) is 105 Å². The number of aryl methyl sites for hydroxylation is 1. The Labute approximate surface area is 158 Å². The second kappa shape index (κ2) is 9.16. The molecule has 1 aromatic rings. The Kier molecular flexibility index (Phi) is 6.92. The summed E-state index contributed by atoms with van der Waals surface area (Å²) in [4.78, 5) is 49.0. The number of urea groups is 1. The van der Waals surface area contributed by atoms with Gasteiger partial charge in [-0.15, -0.1) is 0 Å². The van der Waals surface area contributed by atoms with Crippen molar-refractivity contribution in [1.29, 1.82) is 0 Å². The van der Waals surface area contributed by atoms with Gasteiger partial charge in [-0.1, -0.05) is 19.1 Å². The van der Waals surface area contributed by atoms with Gasteiger partial charge in [-0.05, 0) is 38.0 Å². The number of imide groups is 1. The van der Waals surface area contributed by atoms with Crippen molar-refractivity contribution in [2.45, 2.75) is 39.7 Å². The molecule has 0 aromatic heterocycles. The van der Waals surface area contributed by atoms with E-state index < -0.39 is 30.4 Å². The standard InChI is InChI=1S/C19H25N3O5/c1-4-13-5-7-15(8-6-13)22-10-14(9-17(22)24)18(25)27-11-16(23)21-19(26)20-12(2)3/h5-8,12,14H,4,9-11H2,1-3H3,(H2,20,21,23,26)/t14-/m0/s1. The van der Waals surface area contributed by atoms with Crippen LogP contribution in [0.1, 0.15) is 32.8 Å². The molecule has 146 valence electrons. The van der Waals surface area contributed by atoms with Crippen LogP contribution in [0.5, 0.6) is 0 Å². The highest BCUT2D eigenvalue weighted by Crippen LogP contribution is 2.26. The molecule has 0 unspecified atom stereocenters. The minimum atomic E-state index is -0.724. The second-order valence-electron chi connectivity index (χ2n) is 6.71. The first-order chi connectivity index (χ1) is 12.8. The van der Waals surface area contributed by atoms with E-state index in [-0.39, 0.29) is 24.9 Å². The van der Waals surface area contributed by atoms with Gasteiger partial charge in [0.05, 0.1) is 5.92 Å². The van der Waals surface area contributed by atoms with Crippen molar-refractivity contribution in [2.24, 2.45) is 5.92 Å². The number of hydrogen-bond acceptors (Lipinski definition) is 5. The maximum absolute atomic E-state index is 12.2. The van der Waals surface area contributed by atoms with Gasteiger partial charge in [0.25, 0.3) is 5.91 Å². The van der Waals surface area contributed by atoms with E-state index in [1.165, 1.54) is 0 Å². The van der Waals surface area contributed by atoms with Crippen molar-refractivity contribution >= 4 is 29.5 Å².